The van der Waals surface area contributed by atoms with Crippen LogP contribution in [0.4, 0.5) is 0 Å². The maximum Gasteiger partial charge on any atom is 0.227 e. The summed E-state index contributed by atoms with van der Waals surface area (Å²) in [7, 11) is 0. The molecule has 0 bridgehead atoms. The van der Waals surface area contributed by atoms with Crippen LogP contribution in [0.1, 0.15) is 11.1 Å². The Hall–Kier alpha value is -2.24. The van der Waals surface area contributed by atoms with Gasteiger partial charge >= 0.3 is 0 Å². The molecule has 0 radical (unpaired) electrons. The van der Waals surface area contributed by atoms with Gasteiger partial charge in [-0.15, -0.1) is 0 Å². The van der Waals surface area contributed by atoms with E-state index in [9.17, 15) is 4.79 Å². The largest absolute Gasteiger partial charge is 0.373 e. The molecule has 2 atom stereocenters. The first-order valence-corrected chi connectivity index (χ1v) is 8.86. The third-order valence-electron chi connectivity index (χ3n) is 5.08. The third kappa shape index (κ3) is 3.72. The SMILES string of the molecule is O=C(Cc1cccnc1)N1CC2OCCN(Cc3ccccc3)C2C1. The van der Waals surface area contributed by atoms with Crippen molar-refractivity contribution in [2.24, 2.45) is 0 Å². The van der Waals surface area contributed by atoms with Gasteiger partial charge in [0.05, 0.1) is 25.2 Å². The molecule has 0 N–H and O–H groups in total. The van der Waals surface area contributed by atoms with Gasteiger partial charge in [-0.1, -0.05) is 36.4 Å². The van der Waals surface area contributed by atoms with Crippen molar-refractivity contribution in [2.45, 2.75) is 25.1 Å². The van der Waals surface area contributed by atoms with Gasteiger partial charge in [0.25, 0.3) is 0 Å². The smallest absolute Gasteiger partial charge is 0.227 e. The summed E-state index contributed by atoms with van der Waals surface area (Å²) in [6, 6.07) is 14.6. The molecule has 2 fully saturated rings. The van der Waals surface area contributed by atoms with Gasteiger partial charge in [-0.2, -0.15) is 0 Å². The van der Waals surface area contributed by atoms with Gasteiger partial charge in [-0.3, -0.25) is 14.7 Å². The fraction of sp³-hybridized carbons (Fsp3) is 0.400. The molecular formula is C20H23N3O2. The lowest BCUT2D eigenvalue weighted by Crippen LogP contribution is -2.50. The minimum atomic E-state index is 0.121. The molecule has 1 aromatic heterocycles. The lowest BCUT2D eigenvalue weighted by Gasteiger charge is -2.36. The summed E-state index contributed by atoms with van der Waals surface area (Å²) in [6.07, 6.45) is 4.02. The fourth-order valence-corrected chi connectivity index (χ4v) is 3.77. The monoisotopic (exact) mass is 337 g/mol. The van der Waals surface area contributed by atoms with Gasteiger partial charge in [0.1, 0.15) is 0 Å². The highest BCUT2D eigenvalue weighted by Crippen LogP contribution is 2.25. The summed E-state index contributed by atoms with van der Waals surface area (Å²) >= 11 is 0. The van der Waals surface area contributed by atoms with Crippen molar-refractivity contribution < 1.29 is 9.53 Å². The van der Waals surface area contributed by atoms with E-state index in [-0.39, 0.29) is 18.1 Å². The van der Waals surface area contributed by atoms with Crippen LogP contribution in [0.25, 0.3) is 0 Å². The summed E-state index contributed by atoms with van der Waals surface area (Å²) in [4.78, 5) is 21.1. The standard InChI is InChI=1S/C20H23N3O2/c24-20(11-17-7-4-8-21-12-17)23-14-18-19(15-23)25-10-9-22(18)13-16-5-2-1-3-6-16/h1-8,12,18-19H,9-11,13-15H2. The molecule has 5 nitrogen and oxygen atoms in total. The van der Waals surface area contributed by atoms with Crippen molar-refractivity contribution in [1.82, 2.24) is 14.8 Å². The van der Waals surface area contributed by atoms with E-state index in [1.54, 1.807) is 12.4 Å². The summed E-state index contributed by atoms with van der Waals surface area (Å²) < 4.78 is 5.95. The molecule has 5 heteroatoms. The fourth-order valence-electron chi connectivity index (χ4n) is 3.77. The normalized spacial score (nSPS) is 23.4. The van der Waals surface area contributed by atoms with Crippen LogP contribution < -0.4 is 0 Å². The lowest BCUT2D eigenvalue weighted by molar-refractivity contribution is -0.129. The van der Waals surface area contributed by atoms with Crippen molar-refractivity contribution in [3.05, 3.63) is 66.0 Å². The van der Waals surface area contributed by atoms with E-state index < -0.39 is 0 Å². The van der Waals surface area contributed by atoms with E-state index in [0.29, 0.717) is 13.0 Å². The average molecular weight is 337 g/mol. The van der Waals surface area contributed by atoms with E-state index in [1.807, 2.05) is 23.1 Å². The molecule has 25 heavy (non-hydrogen) atoms. The Morgan fingerprint density at radius 1 is 1.12 bits per heavy atom. The number of nitrogens with zero attached hydrogens (tertiary/aromatic N) is 3. The zero-order valence-electron chi connectivity index (χ0n) is 14.3. The van der Waals surface area contributed by atoms with Gasteiger partial charge < -0.3 is 9.64 Å². The van der Waals surface area contributed by atoms with Gasteiger partial charge in [0, 0.05) is 38.6 Å². The van der Waals surface area contributed by atoms with Crippen LogP contribution in [-0.2, 0) is 22.5 Å². The first-order chi connectivity index (χ1) is 12.3. The Morgan fingerprint density at radius 2 is 1.96 bits per heavy atom. The molecule has 2 aromatic rings. The summed E-state index contributed by atoms with van der Waals surface area (Å²) in [6.45, 7) is 4.00. The van der Waals surface area contributed by atoms with Gasteiger partial charge in [0.15, 0.2) is 0 Å². The lowest BCUT2D eigenvalue weighted by atomic mass is 10.1. The van der Waals surface area contributed by atoms with E-state index in [4.69, 9.17) is 4.74 Å². The Bertz CT molecular complexity index is 707. The molecule has 0 spiro atoms. The Morgan fingerprint density at radius 3 is 2.76 bits per heavy atom. The van der Waals surface area contributed by atoms with Crippen LogP contribution >= 0.6 is 0 Å². The van der Waals surface area contributed by atoms with Gasteiger partial charge in [0.2, 0.25) is 5.91 Å². The summed E-state index contributed by atoms with van der Waals surface area (Å²) in [5.74, 6) is 0.158. The summed E-state index contributed by atoms with van der Waals surface area (Å²) in [5, 5.41) is 0. The van der Waals surface area contributed by atoms with Crippen molar-refractivity contribution in [3.8, 4) is 0 Å². The predicted octanol–water partition coefficient (Wildman–Crippen LogP) is 1.74. The number of benzene rings is 1. The van der Waals surface area contributed by atoms with E-state index in [2.05, 4.69) is 34.1 Å². The van der Waals surface area contributed by atoms with Crippen LogP contribution in [0, 0.1) is 0 Å². The molecule has 2 saturated heterocycles. The van der Waals surface area contributed by atoms with Crippen LogP contribution in [-0.4, -0.2) is 59.1 Å². The number of rotatable bonds is 4. The highest BCUT2D eigenvalue weighted by molar-refractivity contribution is 5.79. The topological polar surface area (TPSA) is 45.7 Å². The molecule has 0 saturated carbocycles. The summed E-state index contributed by atoms with van der Waals surface area (Å²) in [5.41, 5.74) is 2.27. The third-order valence-corrected chi connectivity index (χ3v) is 5.08. The zero-order valence-corrected chi connectivity index (χ0v) is 14.3. The van der Waals surface area contributed by atoms with Crippen LogP contribution in [0.5, 0.6) is 0 Å². The number of morpholine rings is 1. The number of carbonyl (C=O) groups excluding carboxylic acids is 1. The molecule has 2 aliphatic rings. The second-order valence-corrected chi connectivity index (χ2v) is 6.77. The van der Waals surface area contributed by atoms with Crippen LogP contribution in [0.15, 0.2) is 54.9 Å². The minimum Gasteiger partial charge on any atom is -0.373 e. The highest BCUT2D eigenvalue weighted by atomic mass is 16.5. The number of fused-ring (bicyclic) bond motifs is 1. The second kappa shape index (κ2) is 7.33. The maximum absolute atomic E-state index is 12.6. The molecule has 130 valence electrons. The molecule has 4 rings (SSSR count). The van der Waals surface area contributed by atoms with Crippen molar-refractivity contribution in [2.75, 3.05) is 26.2 Å². The molecule has 3 heterocycles. The number of amides is 1. The van der Waals surface area contributed by atoms with E-state index >= 15 is 0 Å². The zero-order chi connectivity index (χ0) is 17.1. The van der Waals surface area contributed by atoms with Gasteiger partial charge in [-0.25, -0.2) is 0 Å². The van der Waals surface area contributed by atoms with E-state index in [1.165, 1.54) is 5.56 Å². The van der Waals surface area contributed by atoms with Crippen LogP contribution in [0.2, 0.25) is 0 Å². The van der Waals surface area contributed by atoms with Crippen molar-refractivity contribution >= 4 is 5.91 Å². The van der Waals surface area contributed by atoms with Crippen LogP contribution in [0.3, 0.4) is 0 Å². The number of hydrogen-bond donors (Lipinski definition) is 0. The Labute approximate surface area is 148 Å². The maximum atomic E-state index is 12.6. The first kappa shape index (κ1) is 16.2. The first-order valence-electron chi connectivity index (χ1n) is 8.86. The molecule has 2 unspecified atom stereocenters. The Balaban J connectivity index is 1.41. The number of carbonyl (C=O) groups is 1. The number of hydrogen-bond acceptors (Lipinski definition) is 4. The quantitative estimate of drug-likeness (QED) is 0.852. The molecule has 1 aromatic carbocycles. The molecule has 1 amide bonds. The number of likely N-dealkylation sites (tertiary alicyclic amines) is 1. The molecule has 2 aliphatic heterocycles. The highest BCUT2D eigenvalue weighted by Gasteiger charge is 2.41. The number of aromatic nitrogens is 1. The number of ether oxygens (including phenoxy) is 1. The predicted molar refractivity (Wildman–Crippen MR) is 94.9 cm³/mol. The van der Waals surface area contributed by atoms with Crippen molar-refractivity contribution in [3.63, 3.8) is 0 Å². The minimum absolute atomic E-state index is 0.121. The second-order valence-electron chi connectivity index (χ2n) is 6.77. The van der Waals surface area contributed by atoms with Gasteiger partial charge in [-0.05, 0) is 17.2 Å². The number of pyridine rings is 1. The average Bonchev–Trinajstić information content (AvgIpc) is 3.09. The molecular weight excluding hydrogens is 314 g/mol. The Kier molecular flexibility index (Phi) is 4.76. The van der Waals surface area contributed by atoms with E-state index in [0.717, 1.165) is 31.8 Å². The van der Waals surface area contributed by atoms with Crippen molar-refractivity contribution in [1.29, 1.82) is 0 Å². The molecule has 0 aliphatic carbocycles.